The second-order valence-corrected chi connectivity index (χ2v) is 9.92. The number of imide groups is 1. The van der Waals surface area contributed by atoms with E-state index >= 15 is 0 Å². The third-order valence-corrected chi connectivity index (χ3v) is 6.80. The molecule has 2 amide bonds. The Kier molecular flexibility index (Phi) is 10.6. The lowest BCUT2D eigenvalue weighted by Gasteiger charge is -2.38. The molecule has 3 rings (SSSR count). The Morgan fingerprint density at radius 1 is 0.974 bits per heavy atom. The van der Waals surface area contributed by atoms with Crippen molar-refractivity contribution in [2.24, 2.45) is 5.73 Å². The Balaban J connectivity index is 2.03. The Labute approximate surface area is 228 Å². The van der Waals surface area contributed by atoms with Crippen LogP contribution in [0.3, 0.4) is 0 Å². The number of esters is 1. The molecule has 0 saturated heterocycles. The normalized spacial score (nSPS) is 16.5. The molecule has 10 nitrogen and oxygen atoms in total. The van der Waals surface area contributed by atoms with E-state index in [1.165, 1.54) is 0 Å². The van der Waals surface area contributed by atoms with Crippen molar-refractivity contribution in [3.63, 3.8) is 0 Å². The van der Waals surface area contributed by atoms with Crippen molar-refractivity contribution >= 4 is 23.9 Å². The van der Waals surface area contributed by atoms with Crippen molar-refractivity contribution in [2.75, 3.05) is 7.11 Å². The smallest absolute Gasteiger partial charge is 0.417 e. The standard InChI is InChI=1S/C29H36N2O8/c1-29(15-9-10-16-29)39-23(17-20-11-5-3-6-12-20)25(27(35)37-2)31(26(34)22(30)18-24(32)33)28(36)38-19-21-13-7-4-8-14-21/h3-8,11-14,22-23,25H,9-10,15-19,30H2,1-2H3,(H,32,33)/t22-,23?,25-/m0/s1. The number of amides is 2. The number of ether oxygens (including phenoxy) is 3. The Bertz CT molecular complexity index is 1120. The first kappa shape index (κ1) is 29.8. The zero-order chi connectivity index (χ0) is 28.4. The quantitative estimate of drug-likeness (QED) is 0.387. The monoisotopic (exact) mass is 540 g/mol. The van der Waals surface area contributed by atoms with E-state index in [0.29, 0.717) is 10.5 Å². The first-order valence-corrected chi connectivity index (χ1v) is 12.9. The molecule has 0 heterocycles. The van der Waals surface area contributed by atoms with E-state index in [0.717, 1.165) is 38.4 Å². The first-order valence-electron chi connectivity index (χ1n) is 12.9. The Morgan fingerprint density at radius 2 is 1.54 bits per heavy atom. The molecule has 10 heteroatoms. The van der Waals surface area contributed by atoms with Crippen LogP contribution in [-0.2, 0) is 41.6 Å². The topological polar surface area (TPSA) is 145 Å². The van der Waals surface area contributed by atoms with E-state index in [1.807, 2.05) is 37.3 Å². The number of carboxylic acids is 1. The number of rotatable bonds is 12. The summed E-state index contributed by atoms with van der Waals surface area (Å²) in [6, 6.07) is 14.8. The van der Waals surface area contributed by atoms with Gasteiger partial charge in [-0.15, -0.1) is 0 Å². The van der Waals surface area contributed by atoms with E-state index in [-0.39, 0.29) is 13.0 Å². The molecule has 2 aromatic rings. The maximum atomic E-state index is 13.5. The molecule has 39 heavy (non-hydrogen) atoms. The molecule has 0 aliphatic heterocycles. The lowest BCUT2D eigenvalue weighted by atomic mass is 9.97. The van der Waals surface area contributed by atoms with Crippen LogP contribution in [0.15, 0.2) is 60.7 Å². The molecular weight excluding hydrogens is 504 g/mol. The SMILES string of the molecule is COC(=O)[C@H](C(Cc1ccccc1)OC1(C)CCCC1)N(C(=O)OCc1ccccc1)C(=O)[C@@H](N)CC(=O)O. The van der Waals surface area contributed by atoms with E-state index in [2.05, 4.69) is 0 Å². The van der Waals surface area contributed by atoms with E-state index in [4.69, 9.17) is 19.9 Å². The van der Waals surface area contributed by atoms with Crippen LogP contribution < -0.4 is 5.73 Å². The molecule has 1 fully saturated rings. The minimum absolute atomic E-state index is 0.167. The number of carbonyl (C=O) groups excluding carboxylic acids is 3. The molecule has 210 valence electrons. The Hall–Kier alpha value is -3.76. The number of nitrogens with zero attached hydrogens (tertiary/aromatic N) is 1. The highest BCUT2D eigenvalue weighted by Crippen LogP contribution is 2.35. The van der Waals surface area contributed by atoms with Gasteiger partial charge in [-0.2, -0.15) is 0 Å². The summed E-state index contributed by atoms with van der Waals surface area (Å²) in [5, 5.41) is 9.24. The largest absolute Gasteiger partial charge is 0.481 e. The lowest BCUT2D eigenvalue weighted by Crippen LogP contribution is -2.60. The molecule has 1 aliphatic rings. The van der Waals surface area contributed by atoms with Crippen LogP contribution in [0.25, 0.3) is 0 Å². The van der Waals surface area contributed by atoms with Gasteiger partial charge < -0.3 is 25.1 Å². The Morgan fingerprint density at radius 3 is 2.08 bits per heavy atom. The van der Waals surface area contributed by atoms with E-state index in [9.17, 15) is 24.3 Å². The number of carbonyl (C=O) groups is 4. The second kappa shape index (κ2) is 13.9. The molecule has 1 unspecified atom stereocenters. The van der Waals surface area contributed by atoms with Crippen LogP contribution in [0.2, 0.25) is 0 Å². The molecule has 0 bridgehead atoms. The lowest BCUT2D eigenvalue weighted by molar-refractivity contribution is -0.167. The van der Waals surface area contributed by atoms with Crippen molar-refractivity contribution in [1.82, 2.24) is 4.90 Å². The predicted molar refractivity (Wildman–Crippen MR) is 141 cm³/mol. The fourth-order valence-corrected chi connectivity index (χ4v) is 4.80. The van der Waals surface area contributed by atoms with Crippen LogP contribution in [-0.4, -0.2) is 64.8 Å². The molecule has 3 atom stereocenters. The molecule has 1 saturated carbocycles. The summed E-state index contributed by atoms with van der Waals surface area (Å²) in [5.74, 6) is -3.33. The van der Waals surface area contributed by atoms with Crippen molar-refractivity contribution in [2.45, 2.75) is 75.8 Å². The van der Waals surface area contributed by atoms with Gasteiger partial charge in [0.05, 0.1) is 31.3 Å². The minimum Gasteiger partial charge on any atom is -0.481 e. The van der Waals surface area contributed by atoms with E-state index < -0.39 is 54.1 Å². The number of hydrogen-bond acceptors (Lipinski definition) is 8. The average molecular weight is 541 g/mol. The third-order valence-electron chi connectivity index (χ3n) is 6.80. The summed E-state index contributed by atoms with van der Waals surface area (Å²) < 4.78 is 17.0. The maximum Gasteiger partial charge on any atom is 0.417 e. The summed E-state index contributed by atoms with van der Waals surface area (Å²) in [6.45, 7) is 1.75. The molecule has 1 aliphatic carbocycles. The van der Waals surface area contributed by atoms with Crippen LogP contribution in [0, 0.1) is 0 Å². The van der Waals surface area contributed by atoms with Crippen molar-refractivity contribution in [1.29, 1.82) is 0 Å². The van der Waals surface area contributed by atoms with Gasteiger partial charge in [0, 0.05) is 6.42 Å². The number of nitrogens with two attached hydrogens (primary N) is 1. The molecule has 0 radical (unpaired) electrons. The van der Waals surface area contributed by atoms with Gasteiger partial charge in [-0.05, 0) is 30.9 Å². The summed E-state index contributed by atoms with van der Waals surface area (Å²) in [6.07, 6.45) is 0.572. The predicted octanol–water partition coefficient (Wildman–Crippen LogP) is 3.46. The number of carboxylic acid groups (broad SMARTS) is 1. The van der Waals surface area contributed by atoms with Gasteiger partial charge in [-0.1, -0.05) is 73.5 Å². The average Bonchev–Trinajstić information content (AvgIpc) is 3.35. The third kappa shape index (κ3) is 8.36. The number of methoxy groups -OCH3 is 1. The first-order chi connectivity index (χ1) is 18.6. The van der Waals surface area contributed by atoms with Crippen LogP contribution in [0.1, 0.15) is 50.2 Å². The second-order valence-electron chi connectivity index (χ2n) is 9.92. The van der Waals surface area contributed by atoms with Crippen molar-refractivity contribution in [3.05, 3.63) is 71.8 Å². The van der Waals surface area contributed by atoms with Gasteiger partial charge in [0.15, 0.2) is 6.04 Å². The van der Waals surface area contributed by atoms with Crippen LogP contribution in [0.4, 0.5) is 4.79 Å². The summed E-state index contributed by atoms with van der Waals surface area (Å²) in [4.78, 5) is 52.3. The molecule has 2 aromatic carbocycles. The van der Waals surface area contributed by atoms with Gasteiger partial charge >= 0.3 is 18.0 Å². The molecular formula is C29H36N2O8. The number of aliphatic carboxylic acids is 1. The number of benzene rings is 2. The maximum absolute atomic E-state index is 13.5. The zero-order valence-corrected chi connectivity index (χ0v) is 22.3. The number of hydrogen-bond donors (Lipinski definition) is 2. The zero-order valence-electron chi connectivity index (χ0n) is 22.3. The molecule has 3 N–H and O–H groups in total. The van der Waals surface area contributed by atoms with Crippen molar-refractivity contribution in [3.8, 4) is 0 Å². The van der Waals surface area contributed by atoms with Gasteiger partial charge in [0.1, 0.15) is 6.61 Å². The minimum atomic E-state index is -1.61. The van der Waals surface area contributed by atoms with Crippen LogP contribution >= 0.6 is 0 Å². The van der Waals surface area contributed by atoms with Gasteiger partial charge in [-0.3, -0.25) is 9.59 Å². The highest BCUT2D eigenvalue weighted by atomic mass is 16.6. The summed E-state index contributed by atoms with van der Waals surface area (Å²) in [5.41, 5.74) is 6.77. The summed E-state index contributed by atoms with van der Waals surface area (Å²) >= 11 is 0. The van der Waals surface area contributed by atoms with Gasteiger partial charge in [-0.25, -0.2) is 14.5 Å². The van der Waals surface area contributed by atoms with Gasteiger partial charge in [0.25, 0.3) is 0 Å². The van der Waals surface area contributed by atoms with E-state index in [1.54, 1.807) is 30.3 Å². The molecule has 0 aromatic heterocycles. The fraction of sp³-hybridized carbons (Fsp3) is 0.448. The fourth-order valence-electron chi connectivity index (χ4n) is 4.80. The molecule has 0 spiro atoms. The van der Waals surface area contributed by atoms with Crippen molar-refractivity contribution < 1.29 is 38.5 Å². The van der Waals surface area contributed by atoms with Crippen LogP contribution in [0.5, 0.6) is 0 Å². The van der Waals surface area contributed by atoms with Gasteiger partial charge in [0.2, 0.25) is 5.91 Å². The highest BCUT2D eigenvalue weighted by molar-refractivity contribution is 6.00. The summed E-state index contributed by atoms with van der Waals surface area (Å²) in [7, 11) is 1.14. The highest BCUT2D eigenvalue weighted by Gasteiger charge is 2.47.